The minimum absolute atomic E-state index is 0.246. The molecule has 4 aliphatic carbocycles. The predicted octanol–water partition coefficient (Wildman–Crippen LogP) is 2.32. The normalized spacial score (nSPS) is 46.8. The topological polar surface area (TPSA) is 46.2 Å². The average molecular weight is 223 g/mol. The zero-order valence-corrected chi connectivity index (χ0v) is 9.78. The number of carbonyl (C=O) groups is 1. The number of ether oxygens (including phenoxy) is 1. The largest absolute Gasteiger partial charge is 0.457 e. The fourth-order valence-corrected chi connectivity index (χ4v) is 4.45. The van der Waals surface area contributed by atoms with E-state index in [2.05, 4.69) is 0 Å². The fourth-order valence-electron chi connectivity index (χ4n) is 4.45. The highest BCUT2D eigenvalue weighted by atomic mass is 16.6. The second kappa shape index (κ2) is 3.46. The molecular weight excluding hydrogens is 204 g/mol. The number of carbonyl (C=O) groups excluding carboxylic acids is 1. The molecule has 16 heavy (non-hydrogen) atoms. The Balaban J connectivity index is 1.76. The first-order valence-corrected chi connectivity index (χ1v) is 6.45. The smallest absolute Gasteiger partial charge is 0.338 e. The summed E-state index contributed by atoms with van der Waals surface area (Å²) in [5.74, 6) is 1.71. The molecule has 0 aromatic rings. The predicted molar refractivity (Wildman–Crippen MR) is 57.1 cm³/mol. The highest BCUT2D eigenvalue weighted by Crippen LogP contribution is 2.57. The van der Waals surface area contributed by atoms with Crippen molar-refractivity contribution < 1.29 is 14.6 Å². The van der Waals surface area contributed by atoms with Crippen molar-refractivity contribution in [1.29, 1.82) is 0 Å². The van der Waals surface area contributed by atoms with Crippen molar-refractivity contribution in [2.24, 2.45) is 17.8 Å². The van der Waals surface area contributed by atoms with Gasteiger partial charge in [-0.2, -0.15) is 0 Å². The van der Waals surface area contributed by atoms with E-state index in [9.17, 15) is 9.90 Å². The molecule has 3 heteroatoms. The van der Waals surface area contributed by atoms with Crippen molar-refractivity contribution in [3.63, 3.8) is 0 Å². The van der Waals surface area contributed by atoms with E-state index in [1.807, 2.05) is 0 Å². The highest BCUT2D eigenvalue weighted by Gasteiger charge is 2.53. The summed E-state index contributed by atoms with van der Waals surface area (Å²) < 4.78 is 5.56. The third kappa shape index (κ3) is 1.65. The van der Waals surface area contributed by atoms with Crippen LogP contribution in [-0.4, -0.2) is 17.7 Å². The van der Waals surface area contributed by atoms with E-state index in [4.69, 9.17) is 4.74 Å². The summed E-state index contributed by atoms with van der Waals surface area (Å²) in [5.41, 5.74) is -0.246. The minimum Gasteiger partial charge on any atom is -0.457 e. The Morgan fingerprint density at radius 1 is 1.12 bits per heavy atom. The van der Waals surface area contributed by atoms with Crippen molar-refractivity contribution in [2.75, 3.05) is 0 Å². The van der Waals surface area contributed by atoms with Crippen LogP contribution < -0.4 is 0 Å². The van der Waals surface area contributed by atoms with Crippen molar-refractivity contribution >= 4 is 5.97 Å². The van der Waals surface area contributed by atoms with Crippen molar-refractivity contribution in [3.8, 4) is 0 Å². The quantitative estimate of drug-likeness (QED) is 0.674. The van der Waals surface area contributed by atoms with Gasteiger partial charge >= 0.3 is 5.97 Å². The van der Waals surface area contributed by atoms with Gasteiger partial charge in [0.1, 0.15) is 5.60 Å². The second-order valence-corrected chi connectivity index (χ2v) is 6.16. The van der Waals surface area contributed by atoms with Gasteiger partial charge in [0, 0.05) is 0 Å². The van der Waals surface area contributed by atoms with E-state index in [0.717, 1.165) is 37.0 Å². The Morgan fingerprint density at radius 2 is 1.56 bits per heavy atom. The lowest BCUT2D eigenvalue weighted by Gasteiger charge is -2.55. The molecule has 0 N–H and O–H groups in total. The summed E-state index contributed by atoms with van der Waals surface area (Å²) in [7, 11) is 0. The molecule has 3 nitrogen and oxygen atoms in total. The Hall–Kier alpha value is -0.570. The van der Waals surface area contributed by atoms with Crippen LogP contribution in [0.4, 0.5) is 0 Å². The minimum atomic E-state index is -1.23. The third-order valence-electron chi connectivity index (χ3n) is 4.63. The molecule has 0 aromatic carbocycles. The van der Waals surface area contributed by atoms with Gasteiger partial charge in [-0.15, -0.1) is 0 Å². The summed E-state index contributed by atoms with van der Waals surface area (Å²) in [4.78, 5) is 11.5. The molecule has 4 bridgehead atoms. The number of hydrogen-bond acceptors (Lipinski definition) is 2. The summed E-state index contributed by atoms with van der Waals surface area (Å²) >= 11 is 0. The Bertz CT molecular complexity index is 273. The third-order valence-corrected chi connectivity index (χ3v) is 4.63. The van der Waals surface area contributed by atoms with Crippen LogP contribution in [0.2, 0.25) is 0 Å². The van der Waals surface area contributed by atoms with E-state index in [-0.39, 0.29) is 5.60 Å². The molecule has 0 aliphatic heterocycles. The van der Waals surface area contributed by atoms with Gasteiger partial charge in [-0.3, -0.25) is 0 Å². The van der Waals surface area contributed by atoms with Gasteiger partial charge in [-0.25, -0.2) is 9.90 Å². The van der Waals surface area contributed by atoms with E-state index < -0.39 is 12.1 Å². The summed E-state index contributed by atoms with van der Waals surface area (Å²) in [5, 5.41) is 11.1. The summed E-state index contributed by atoms with van der Waals surface area (Å²) in [6.07, 6.45) is 5.77. The van der Waals surface area contributed by atoms with Gasteiger partial charge < -0.3 is 4.74 Å². The van der Waals surface area contributed by atoms with Gasteiger partial charge in [0.05, 0.1) is 0 Å². The van der Waals surface area contributed by atoms with Crippen LogP contribution in [0.3, 0.4) is 0 Å². The Morgan fingerprint density at radius 3 is 1.94 bits per heavy atom. The van der Waals surface area contributed by atoms with Gasteiger partial charge in [0.15, 0.2) is 6.10 Å². The van der Waals surface area contributed by atoms with E-state index in [1.165, 1.54) is 26.2 Å². The van der Waals surface area contributed by atoms with Crippen LogP contribution in [0.1, 0.15) is 45.4 Å². The van der Waals surface area contributed by atoms with Crippen molar-refractivity contribution in [1.82, 2.24) is 0 Å². The maximum absolute atomic E-state index is 11.5. The fraction of sp³-hybridized carbons (Fsp3) is 0.923. The lowest BCUT2D eigenvalue weighted by atomic mass is 9.54. The molecule has 0 aromatic heterocycles. The number of rotatable bonds is 2. The van der Waals surface area contributed by atoms with E-state index >= 15 is 0 Å². The van der Waals surface area contributed by atoms with Crippen molar-refractivity contribution in [2.45, 2.75) is 57.2 Å². The van der Waals surface area contributed by atoms with Crippen LogP contribution in [0.15, 0.2) is 0 Å². The molecule has 89 valence electrons. The second-order valence-electron chi connectivity index (χ2n) is 6.16. The van der Waals surface area contributed by atoms with Gasteiger partial charge in [0.25, 0.3) is 0 Å². The van der Waals surface area contributed by atoms with Gasteiger partial charge in [-0.05, 0) is 63.2 Å². The summed E-state index contributed by atoms with van der Waals surface area (Å²) in [6, 6.07) is 0. The lowest BCUT2D eigenvalue weighted by Crippen LogP contribution is -2.53. The Labute approximate surface area is 96.2 Å². The molecule has 0 saturated heterocycles. The highest BCUT2D eigenvalue weighted by molar-refractivity contribution is 5.74. The maximum atomic E-state index is 11.5. The standard InChI is InChI=1S/C13H19O3/c1-8(14)12(15)16-13-5-9-2-10(6-13)4-11(3-9)7-13/h8-11H,2-7H2,1H3. The van der Waals surface area contributed by atoms with Crippen LogP contribution >= 0.6 is 0 Å². The molecule has 4 rings (SSSR count). The van der Waals surface area contributed by atoms with Crippen molar-refractivity contribution in [3.05, 3.63) is 0 Å². The molecule has 1 atom stereocenters. The van der Waals surface area contributed by atoms with Gasteiger partial charge in [-0.1, -0.05) is 0 Å². The first kappa shape index (κ1) is 10.6. The molecule has 4 aliphatic rings. The van der Waals surface area contributed by atoms with Crippen LogP contribution in [-0.2, 0) is 14.6 Å². The van der Waals surface area contributed by atoms with Gasteiger partial charge in [0.2, 0.25) is 0 Å². The molecular formula is C13H19O3. The van der Waals surface area contributed by atoms with Crippen LogP contribution in [0.25, 0.3) is 0 Å². The molecule has 0 spiro atoms. The van der Waals surface area contributed by atoms with Crippen LogP contribution in [0, 0.1) is 17.8 Å². The first-order chi connectivity index (χ1) is 7.56. The number of hydrogen-bond donors (Lipinski definition) is 0. The first-order valence-electron chi connectivity index (χ1n) is 6.45. The van der Waals surface area contributed by atoms with E-state index in [0.29, 0.717) is 0 Å². The average Bonchev–Trinajstić information content (AvgIpc) is 2.13. The molecule has 4 saturated carbocycles. The van der Waals surface area contributed by atoms with E-state index in [1.54, 1.807) is 0 Å². The SMILES string of the molecule is CC([O])C(=O)OC12CC3CC(CC(C3)C1)C2. The Kier molecular flexibility index (Phi) is 2.29. The van der Waals surface area contributed by atoms with Crippen LogP contribution in [0.5, 0.6) is 0 Å². The molecule has 0 amide bonds. The molecule has 4 fully saturated rings. The zero-order valence-electron chi connectivity index (χ0n) is 9.78. The zero-order chi connectivity index (χ0) is 11.3. The molecule has 0 heterocycles. The summed E-state index contributed by atoms with van der Waals surface area (Å²) in [6.45, 7) is 1.38. The lowest BCUT2D eigenvalue weighted by molar-refractivity contribution is -0.196. The monoisotopic (exact) mass is 223 g/mol. The molecule has 1 radical (unpaired) electrons. The number of esters is 1. The molecule has 1 unspecified atom stereocenters. The maximum Gasteiger partial charge on any atom is 0.338 e.